The summed E-state index contributed by atoms with van der Waals surface area (Å²) >= 11 is 1.26. The fourth-order valence-electron chi connectivity index (χ4n) is 5.22. The fourth-order valence-corrected chi connectivity index (χ4v) is 7.46. The second kappa shape index (κ2) is 9.93. The minimum Gasteiger partial charge on any atom is -0.481 e. The first-order valence-corrected chi connectivity index (χ1v) is 15.0. The molecule has 0 spiro atoms. The smallest absolute Gasteiger partial charge is 0.310 e. The maximum absolute atomic E-state index is 14.4. The van der Waals surface area contributed by atoms with Gasteiger partial charge in [0, 0.05) is 40.9 Å². The Morgan fingerprint density at radius 3 is 2.44 bits per heavy atom. The molecule has 0 amide bonds. The minimum absolute atomic E-state index is 0.103. The van der Waals surface area contributed by atoms with Crippen molar-refractivity contribution in [3.63, 3.8) is 0 Å². The van der Waals surface area contributed by atoms with Gasteiger partial charge in [-0.25, -0.2) is 12.4 Å². The number of carboxylic acid groups (broad SMARTS) is 1. The van der Waals surface area contributed by atoms with Crippen LogP contribution in [0.5, 0.6) is 0 Å². The van der Waals surface area contributed by atoms with Crippen LogP contribution in [0.3, 0.4) is 0 Å². The Labute approximate surface area is 240 Å². The fraction of sp³-hybridized carbons (Fsp3) is 0.129. The van der Waals surface area contributed by atoms with Crippen LogP contribution in [0.2, 0.25) is 0 Å². The van der Waals surface area contributed by atoms with E-state index in [0.717, 1.165) is 11.3 Å². The first kappa shape index (κ1) is 26.3. The summed E-state index contributed by atoms with van der Waals surface area (Å²) in [5.74, 6) is -1.31. The first-order chi connectivity index (χ1) is 19.7. The summed E-state index contributed by atoms with van der Waals surface area (Å²) in [7, 11) is -4.15. The lowest BCUT2D eigenvalue weighted by Gasteiger charge is -2.38. The number of hydrogen-bond acceptors (Lipinski definition) is 7. The predicted molar refractivity (Wildman–Crippen MR) is 157 cm³/mol. The molecule has 10 heteroatoms. The van der Waals surface area contributed by atoms with E-state index in [1.165, 1.54) is 15.3 Å². The highest BCUT2D eigenvalue weighted by molar-refractivity contribution is 7.90. The Balaban J connectivity index is 1.69. The van der Waals surface area contributed by atoms with Crippen molar-refractivity contribution in [1.29, 1.82) is 10.5 Å². The van der Waals surface area contributed by atoms with Crippen molar-refractivity contribution in [2.24, 2.45) is 5.92 Å². The van der Waals surface area contributed by atoms with Crippen LogP contribution in [0.1, 0.15) is 16.0 Å². The number of benzene rings is 3. The number of thiophene rings is 1. The second-order valence-corrected chi connectivity index (χ2v) is 12.6. The average molecular weight is 579 g/mol. The van der Waals surface area contributed by atoms with Crippen molar-refractivity contribution in [3.8, 4) is 34.5 Å². The molecule has 202 valence electrons. The van der Waals surface area contributed by atoms with Crippen LogP contribution in [0.4, 0.5) is 5.69 Å². The quantitative estimate of drug-likeness (QED) is 0.268. The van der Waals surface area contributed by atoms with Crippen molar-refractivity contribution >= 4 is 43.9 Å². The molecule has 1 fully saturated rings. The molecule has 5 aromatic rings. The summed E-state index contributed by atoms with van der Waals surface area (Å²) in [5, 5.41) is 31.3. The molecule has 1 N–H and O–H groups in total. The van der Waals surface area contributed by atoms with Crippen LogP contribution in [-0.4, -0.2) is 36.6 Å². The highest BCUT2D eigenvalue weighted by Crippen LogP contribution is 2.46. The summed E-state index contributed by atoms with van der Waals surface area (Å²) < 4.78 is 30.1. The molecule has 41 heavy (non-hydrogen) atoms. The molecule has 0 radical (unpaired) electrons. The van der Waals surface area contributed by atoms with Gasteiger partial charge >= 0.3 is 5.97 Å². The van der Waals surface area contributed by atoms with Crippen LogP contribution in [0, 0.1) is 35.5 Å². The highest BCUT2D eigenvalue weighted by atomic mass is 32.2. The standard InChI is InChI=1S/C31H22N4O4S2/c1-19-5-8-24(9-6-19)41(38,39)35-27-10-7-20(15-32)13-26(27)29(25-11-12-40-28(25)16-33)30(35)21-3-2-4-23(14-21)34-17-22(18-34)31(36)37/h2-14,22H,17-18H2,1H3,(H,36,37). The molecule has 0 bridgehead atoms. The van der Waals surface area contributed by atoms with E-state index >= 15 is 0 Å². The van der Waals surface area contributed by atoms with Gasteiger partial charge in [-0.2, -0.15) is 10.5 Å². The van der Waals surface area contributed by atoms with Crippen LogP contribution < -0.4 is 4.90 Å². The Morgan fingerprint density at radius 2 is 1.76 bits per heavy atom. The normalized spacial score (nSPS) is 13.5. The second-order valence-electron chi connectivity index (χ2n) is 9.92. The van der Waals surface area contributed by atoms with Crippen molar-refractivity contribution in [3.05, 3.63) is 94.2 Å². The Morgan fingerprint density at radius 1 is 1.00 bits per heavy atom. The van der Waals surface area contributed by atoms with E-state index in [1.807, 2.05) is 30.0 Å². The molecule has 3 heterocycles. The Hall–Kier alpha value is -4.90. The Bertz CT molecular complexity index is 2040. The van der Waals surface area contributed by atoms with Gasteiger partial charge in [0.1, 0.15) is 10.9 Å². The van der Waals surface area contributed by atoms with E-state index < -0.39 is 21.9 Å². The third-order valence-corrected chi connectivity index (χ3v) is 9.91. The number of aliphatic carboxylic acids is 1. The number of aromatic nitrogens is 1. The summed E-state index contributed by atoms with van der Waals surface area (Å²) in [6.45, 7) is 2.58. The van der Waals surface area contributed by atoms with E-state index in [0.29, 0.717) is 56.8 Å². The molecule has 0 unspecified atom stereocenters. The molecule has 1 aliphatic rings. The molecular formula is C31H22N4O4S2. The number of anilines is 1. The molecule has 3 aromatic carbocycles. The summed E-state index contributed by atoms with van der Waals surface area (Å²) in [6.07, 6.45) is 0. The largest absolute Gasteiger partial charge is 0.481 e. The van der Waals surface area contributed by atoms with Gasteiger partial charge in [0.05, 0.1) is 33.7 Å². The minimum atomic E-state index is -4.15. The van der Waals surface area contributed by atoms with E-state index in [4.69, 9.17) is 0 Å². The van der Waals surface area contributed by atoms with Gasteiger partial charge in [-0.15, -0.1) is 11.3 Å². The van der Waals surface area contributed by atoms with Crippen LogP contribution in [0.15, 0.2) is 83.1 Å². The molecule has 0 atom stereocenters. The zero-order valence-electron chi connectivity index (χ0n) is 21.8. The molecule has 0 aliphatic carbocycles. The predicted octanol–water partition coefficient (Wildman–Crippen LogP) is 5.85. The van der Waals surface area contributed by atoms with Gasteiger partial charge in [-0.1, -0.05) is 29.8 Å². The molecular weight excluding hydrogens is 556 g/mol. The van der Waals surface area contributed by atoms with Crippen LogP contribution in [-0.2, 0) is 14.8 Å². The third-order valence-electron chi connectivity index (χ3n) is 7.36. The van der Waals surface area contributed by atoms with Gasteiger partial charge in [0.2, 0.25) is 0 Å². The molecule has 8 nitrogen and oxygen atoms in total. The van der Waals surface area contributed by atoms with Gasteiger partial charge in [-0.05, 0) is 60.8 Å². The number of nitriles is 2. The van der Waals surface area contributed by atoms with E-state index in [-0.39, 0.29) is 4.90 Å². The average Bonchev–Trinajstić information content (AvgIpc) is 3.54. The lowest BCUT2D eigenvalue weighted by Crippen LogP contribution is -2.50. The van der Waals surface area contributed by atoms with Crippen LogP contribution >= 0.6 is 11.3 Å². The van der Waals surface area contributed by atoms with E-state index in [1.54, 1.807) is 60.0 Å². The van der Waals surface area contributed by atoms with Gasteiger partial charge < -0.3 is 10.0 Å². The van der Waals surface area contributed by atoms with Crippen LogP contribution in [0.25, 0.3) is 33.3 Å². The topological polar surface area (TPSA) is 127 Å². The molecule has 1 saturated heterocycles. The summed E-state index contributed by atoms with van der Waals surface area (Å²) in [4.78, 5) is 13.9. The highest BCUT2D eigenvalue weighted by Gasteiger charge is 2.34. The summed E-state index contributed by atoms with van der Waals surface area (Å²) in [6, 6.07) is 25.0. The maximum Gasteiger partial charge on any atom is 0.310 e. The van der Waals surface area contributed by atoms with Gasteiger partial charge in [0.25, 0.3) is 10.0 Å². The monoisotopic (exact) mass is 578 g/mol. The third kappa shape index (κ3) is 4.34. The van der Waals surface area contributed by atoms with Crippen molar-refractivity contribution in [1.82, 2.24) is 3.97 Å². The zero-order chi connectivity index (χ0) is 28.9. The summed E-state index contributed by atoms with van der Waals surface area (Å²) in [5.41, 5.74) is 4.47. The first-order valence-electron chi connectivity index (χ1n) is 12.7. The number of carboxylic acids is 1. The zero-order valence-corrected chi connectivity index (χ0v) is 23.4. The van der Waals surface area contributed by atoms with Crippen molar-refractivity contribution < 1.29 is 18.3 Å². The number of rotatable bonds is 6. The number of nitrogens with zero attached hydrogens (tertiary/aromatic N) is 4. The van der Waals surface area contributed by atoms with Crippen molar-refractivity contribution in [2.45, 2.75) is 11.8 Å². The van der Waals surface area contributed by atoms with E-state index in [9.17, 15) is 28.8 Å². The molecule has 1 aliphatic heterocycles. The number of fused-ring (bicyclic) bond motifs is 1. The Kier molecular flexibility index (Phi) is 6.38. The van der Waals surface area contributed by atoms with E-state index in [2.05, 4.69) is 12.1 Å². The maximum atomic E-state index is 14.4. The lowest BCUT2D eigenvalue weighted by atomic mass is 9.96. The van der Waals surface area contributed by atoms with Gasteiger partial charge in [-0.3, -0.25) is 4.79 Å². The van der Waals surface area contributed by atoms with Gasteiger partial charge in [0.15, 0.2) is 0 Å². The molecule has 2 aromatic heterocycles. The number of hydrogen-bond donors (Lipinski definition) is 1. The molecule has 0 saturated carbocycles. The number of carbonyl (C=O) groups is 1. The number of aryl methyl sites for hydroxylation is 1. The van der Waals surface area contributed by atoms with Crippen molar-refractivity contribution in [2.75, 3.05) is 18.0 Å². The molecule has 6 rings (SSSR count). The SMILES string of the molecule is Cc1ccc(S(=O)(=O)n2c(-c3cccc(N4CC(C(=O)O)C4)c3)c(-c3ccsc3C#N)c3cc(C#N)ccc32)cc1. The lowest BCUT2D eigenvalue weighted by molar-refractivity contribution is -0.142.